The molecule has 0 aliphatic carbocycles. The van der Waals surface area contributed by atoms with Gasteiger partial charge in [0.2, 0.25) is 0 Å². The molecule has 2 aromatic carbocycles. The Morgan fingerprint density at radius 1 is 1.33 bits per heavy atom. The van der Waals surface area contributed by atoms with Gasteiger partial charge in [-0.3, -0.25) is 10.1 Å². The smallest absolute Gasteiger partial charge is 0.266 e. The standard InChI is InChI=1S/C17H14BrClN2O2S/c1-9-7-12(19)4-6-14(9)23-10(2)16(22)21-17-20-13-5-3-11(18)8-15(13)24-17/h3-8,10H,1-2H3,(H,20,21,22). The molecule has 1 heterocycles. The molecule has 1 N–H and O–H groups in total. The van der Waals surface area contributed by atoms with Gasteiger partial charge in [-0.25, -0.2) is 4.98 Å². The van der Waals surface area contributed by atoms with Crippen molar-refractivity contribution in [2.24, 2.45) is 0 Å². The first kappa shape index (κ1) is 17.2. The Morgan fingerprint density at radius 2 is 2.12 bits per heavy atom. The molecular weight excluding hydrogens is 412 g/mol. The Bertz CT molecular complexity index is 913. The van der Waals surface area contributed by atoms with Crippen LogP contribution in [-0.4, -0.2) is 17.0 Å². The molecule has 1 aromatic heterocycles. The van der Waals surface area contributed by atoms with E-state index >= 15 is 0 Å². The Kier molecular flexibility index (Phi) is 5.08. The number of anilines is 1. The number of ether oxygens (including phenoxy) is 1. The van der Waals surface area contributed by atoms with Crippen LogP contribution in [0.1, 0.15) is 12.5 Å². The van der Waals surface area contributed by atoms with E-state index in [1.165, 1.54) is 11.3 Å². The van der Waals surface area contributed by atoms with Gasteiger partial charge in [0.15, 0.2) is 11.2 Å². The van der Waals surface area contributed by atoms with Crippen LogP contribution >= 0.6 is 38.9 Å². The molecule has 0 radical (unpaired) electrons. The van der Waals surface area contributed by atoms with Gasteiger partial charge < -0.3 is 4.74 Å². The minimum atomic E-state index is -0.649. The van der Waals surface area contributed by atoms with Gasteiger partial charge in [0.05, 0.1) is 10.2 Å². The van der Waals surface area contributed by atoms with E-state index < -0.39 is 6.10 Å². The summed E-state index contributed by atoms with van der Waals surface area (Å²) in [5, 5.41) is 3.99. The number of carbonyl (C=O) groups is 1. The van der Waals surface area contributed by atoms with Gasteiger partial charge in [-0.05, 0) is 55.8 Å². The number of rotatable bonds is 4. The summed E-state index contributed by atoms with van der Waals surface area (Å²) in [6, 6.07) is 11.1. The van der Waals surface area contributed by atoms with Crippen LogP contribution in [0.2, 0.25) is 5.02 Å². The Balaban J connectivity index is 1.70. The molecule has 0 fully saturated rings. The molecule has 1 atom stereocenters. The Labute approximate surface area is 156 Å². The van der Waals surface area contributed by atoms with E-state index in [1.54, 1.807) is 25.1 Å². The molecule has 24 heavy (non-hydrogen) atoms. The summed E-state index contributed by atoms with van der Waals surface area (Å²) in [6.45, 7) is 3.59. The van der Waals surface area contributed by atoms with Crippen molar-refractivity contribution < 1.29 is 9.53 Å². The van der Waals surface area contributed by atoms with Crippen molar-refractivity contribution >= 4 is 60.1 Å². The van der Waals surface area contributed by atoms with E-state index in [0.717, 1.165) is 20.3 Å². The number of amides is 1. The van der Waals surface area contributed by atoms with Crippen molar-refractivity contribution in [1.82, 2.24) is 4.98 Å². The van der Waals surface area contributed by atoms with Gasteiger partial charge in [0, 0.05) is 9.50 Å². The molecule has 7 heteroatoms. The number of carbonyl (C=O) groups excluding carboxylic acids is 1. The average molecular weight is 426 g/mol. The molecule has 1 amide bonds. The van der Waals surface area contributed by atoms with Gasteiger partial charge in [0.25, 0.3) is 5.91 Å². The highest BCUT2D eigenvalue weighted by atomic mass is 79.9. The molecule has 0 saturated heterocycles. The summed E-state index contributed by atoms with van der Waals surface area (Å²) in [7, 11) is 0. The molecule has 3 rings (SSSR count). The van der Waals surface area contributed by atoms with Gasteiger partial charge in [-0.15, -0.1) is 0 Å². The number of hydrogen-bond acceptors (Lipinski definition) is 4. The highest BCUT2D eigenvalue weighted by Crippen LogP contribution is 2.29. The zero-order valence-corrected chi connectivity index (χ0v) is 16.1. The van der Waals surface area contributed by atoms with Crippen molar-refractivity contribution in [3.05, 3.63) is 51.5 Å². The van der Waals surface area contributed by atoms with Crippen LogP contribution in [0.5, 0.6) is 5.75 Å². The molecule has 124 valence electrons. The number of fused-ring (bicyclic) bond motifs is 1. The summed E-state index contributed by atoms with van der Waals surface area (Å²) in [5.74, 6) is 0.387. The second-order valence-electron chi connectivity index (χ2n) is 5.29. The lowest BCUT2D eigenvalue weighted by Gasteiger charge is -2.15. The summed E-state index contributed by atoms with van der Waals surface area (Å²) in [6.07, 6.45) is -0.649. The topological polar surface area (TPSA) is 51.2 Å². The van der Waals surface area contributed by atoms with Crippen LogP contribution in [0.4, 0.5) is 5.13 Å². The zero-order valence-electron chi connectivity index (χ0n) is 13.0. The number of halogens is 2. The number of nitrogens with one attached hydrogen (secondary N) is 1. The Hall–Kier alpha value is -1.63. The van der Waals surface area contributed by atoms with Gasteiger partial charge >= 0.3 is 0 Å². The fourth-order valence-electron chi connectivity index (χ4n) is 2.15. The summed E-state index contributed by atoms with van der Waals surface area (Å²) in [4.78, 5) is 16.7. The van der Waals surface area contributed by atoms with Crippen molar-refractivity contribution in [1.29, 1.82) is 0 Å². The maximum Gasteiger partial charge on any atom is 0.266 e. The fourth-order valence-corrected chi connectivity index (χ4v) is 3.80. The minimum absolute atomic E-state index is 0.248. The van der Waals surface area contributed by atoms with E-state index in [0.29, 0.717) is 15.9 Å². The predicted molar refractivity (Wildman–Crippen MR) is 102 cm³/mol. The third-order valence-electron chi connectivity index (χ3n) is 3.39. The number of aryl methyl sites for hydroxylation is 1. The minimum Gasteiger partial charge on any atom is -0.481 e. The zero-order chi connectivity index (χ0) is 17.3. The molecule has 0 bridgehead atoms. The summed E-state index contributed by atoms with van der Waals surface area (Å²) < 4.78 is 7.71. The first-order valence-corrected chi connectivity index (χ1v) is 9.21. The first-order valence-electron chi connectivity index (χ1n) is 7.22. The molecular formula is C17H14BrClN2O2S. The van der Waals surface area contributed by atoms with Crippen molar-refractivity contribution in [2.75, 3.05) is 5.32 Å². The van der Waals surface area contributed by atoms with Crippen LogP contribution in [0.15, 0.2) is 40.9 Å². The molecule has 0 aliphatic heterocycles. The third-order valence-corrected chi connectivity index (χ3v) is 5.05. The quantitative estimate of drug-likeness (QED) is 0.606. The Morgan fingerprint density at radius 3 is 2.88 bits per heavy atom. The van der Waals surface area contributed by atoms with Crippen LogP contribution in [0, 0.1) is 6.92 Å². The number of thiazole rings is 1. The van der Waals surface area contributed by atoms with Gasteiger partial charge in [0.1, 0.15) is 5.75 Å². The van der Waals surface area contributed by atoms with Crippen LogP contribution in [0.25, 0.3) is 10.2 Å². The van der Waals surface area contributed by atoms with Crippen molar-refractivity contribution in [3.8, 4) is 5.75 Å². The highest BCUT2D eigenvalue weighted by Gasteiger charge is 2.17. The normalized spacial score (nSPS) is 12.2. The maximum atomic E-state index is 12.3. The lowest BCUT2D eigenvalue weighted by molar-refractivity contribution is -0.122. The van der Waals surface area contributed by atoms with E-state index in [9.17, 15) is 4.79 Å². The molecule has 4 nitrogen and oxygen atoms in total. The largest absolute Gasteiger partial charge is 0.481 e. The van der Waals surface area contributed by atoms with Gasteiger partial charge in [-0.1, -0.05) is 38.9 Å². The molecule has 1 unspecified atom stereocenters. The first-order chi connectivity index (χ1) is 11.4. The highest BCUT2D eigenvalue weighted by molar-refractivity contribution is 9.10. The SMILES string of the molecule is Cc1cc(Cl)ccc1OC(C)C(=O)Nc1nc2ccc(Br)cc2s1. The van der Waals surface area contributed by atoms with Gasteiger partial charge in [-0.2, -0.15) is 0 Å². The second kappa shape index (κ2) is 7.09. The van der Waals surface area contributed by atoms with Crippen LogP contribution < -0.4 is 10.1 Å². The molecule has 3 aromatic rings. The summed E-state index contributed by atoms with van der Waals surface area (Å²) in [5.41, 5.74) is 1.73. The molecule has 0 saturated carbocycles. The summed E-state index contributed by atoms with van der Waals surface area (Å²) >= 11 is 10.8. The number of nitrogens with zero attached hydrogens (tertiary/aromatic N) is 1. The lowest BCUT2D eigenvalue weighted by Crippen LogP contribution is -2.30. The predicted octanol–water partition coefficient (Wildman–Crippen LogP) is 5.43. The van der Waals surface area contributed by atoms with Crippen molar-refractivity contribution in [3.63, 3.8) is 0 Å². The number of hydrogen-bond donors (Lipinski definition) is 1. The van der Waals surface area contributed by atoms with Crippen LogP contribution in [-0.2, 0) is 4.79 Å². The monoisotopic (exact) mass is 424 g/mol. The number of aromatic nitrogens is 1. The maximum absolute atomic E-state index is 12.3. The van der Waals surface area contributed by atoms with E-state index in [-0.39, 0.29) is 5.91 Å². The third kappa shape index (κ3) is 3.88. The van der Waals surface area contributed by atoms with Crippen molar-refractivity contribution in [2.45, 2.75) is 20.0 Å². The molecule has 0 aliphatic rings. The fraction of sp³-hybridized carbons (Fsp3) is 0.176. The second-order valence-corrected chi connectivity index (χ2v) is 7.67. The van der Waals surface area contributed by atoms with E-state index in [1.807, 2.05) is 25.1 Å². The average Bonchev–Trinajstić information content (AvgIpc) is 2.91. The van der Waals surface area contributed by atoms with Crippen LogP contribution in [0.3, 0.4) is 0 Å². The van der Waals surface area contributed by atoms with E-state index in [4.69, 9.17) is 16.3 Å². The number of benzene rings is 2. The van der Waals surface area contributed by atoms with E-state index in [2.05, 4.69) is 26.2 Å². The molecule has 0 spiro atoms. The lowest BCUT2D eigenvalue weighted by atomic mass is 10.2.